The minimum atomic E-state index is -0.119. The second-order valence-corrected chi connectivity index (χ2v) is 6.01. The summed E-state index contributed by atoms with van der Waals surface area (Å²) in [6, 6.07) is 3.31. The molecule has 3 rings (SSSR count). The van der Waals surface area contributed by atoms with E-state index < -0.39 is 0 Å². The summed E-state index contributed by atoms with van der Waals surface area (Å²) in [4.78, 5) is 18.1. The van der Waals surface area contributed by atoms with Gasteiger partial charge in [0.1, 0.15) is 6.33 Å². The Hall–Kier alpha value is -1.92. The Morgan fingerprint density at radius 3 is 2.59 bits per heavy atom. The van der Waals surface area contributed by atoms with Crippen LogP contribution in [0.3, 0.4) is 0 Å². The number of halogens is 2. The van der Waals surface area contributed by atoms with Crippen molar-refractivity contribution < 1.29 is 4.79 Å². The van der Waals surface area contributed by atoms with Gasteiger partial charge in [-0.3, -0.25) is 14.1 Å². The number of benzene rings is 1. The molecule has 0 fully saturated rings. The molecule has 1 amide bonds. The summed E-state index contributed by atoms with van der Waals surface area (Å²) in [5.41, 5.74) is 1.84. The molecule has 0 aliphatic carbocycles. The number of carbonyl (C=O) groups is 1. The smallest absolute Gasteiger partial charge is 0.225 e. The predicted molar refractivity (Wildman–Crippen MR) is 86.6 cm³/mol. The number of rotatable bonds is 2. The van der Waals surface area contributed by atoms with Gasteiger partial charge in [0.15, 0.2) is 5.82 Å². The maximum absolute atomic E-state index is 12.0. The minimum absolute atomic E-state index is 0.0641. The molecule has 6 nitrogen and oxygen atoms in total. The van der Waals surface area contributed by atoms with Crippen molar-refractivity contribution in [2.24, 2.45) is 0 Å². The zero-order valence-electron chi connectivity index (χ0n) is 12.2. The maximum Gasteiger partial charge on any atom is 0.225 e. The molecule has 0 aliphatic heterocycles. The number of anilines is 1. The van der Waals surface area contributed by atoms with Crippen LogP contribution < -0.4 is 4.90 Å². The lowest BCUT2D eigenvalue weighted by atomic mass is 10.2. The van der Waals surface area contributed by atoms with Crippen LogP contribution in [0.1, 0.15) is 20.8 Å². The van der Waals surface area contributed by atoms with Crippen LogP contribution in [0.2, 0.25) is 10.0 Å². The van der Waals surface area contributed by atoms with Crippen molar-refractivity contribution >= 4 is 51.6 Å². The highest BCUT2D eigenvalue weighted by Crippen LogP contribution is 2.30. The number of hydrogen-bond acceptors (Lipinski definition) is 4. The standard InChI is InChI=1S/C14H13Cl2N5O/c1-7(2)21(8(3)22)13-14-19-17-6-20(14)12-5-10(16)9(15)4-11(12)18-13/h4-7H,1-3H3. The third-order valence-electron chi connectivity index (χ3n) is 3.33. The van der Waals surface area contributed by atoms with Gasteiger partial charge in [-0.2, -0.15) is 0 Å². The lowest BCUT2D eigenvalue weighted by Crippen LogP contribution is -2.36. The first-order valence-electron chi connectivity index (χ1n) is 6.68. The van der Waals surface area contributed by atoms with Crippen LogP contribution in [-0.2, 0) is 4.79 Å². The fourth-order valence-electron chi connectivity index (χ4n) is 2.46. The summed E-state index contributed by atoms with van der Waals surface area (Å²) in [7, 11) is 0. The number of amides is 1. The van der Waals surface area contributed by atoms with Crippen LogP contribution >= 0.6 is 23.2 Å². The van der Waals surface area contributed by atoms with E-state index in [0.29, 0.717) is 27.0 Å². The molecule has 1 aromatic carbocycles. The first-order chi connectivity index (χ1) is 10.4. The van der Waals surface area contributed by atoms with E-state index in [-0.39, 0.29) is 11.9 Å². The second-order valence-electron chi connectivity index (χ2n) is 5.20. The number of carbonyl (C=O) groups excluding carboxylic acids is 1. The molecule has 2 aromatic heterocycles. The Morgan fingerprint density at radius 2 is 1.95 bits per heavy atom. The van der Waals surface area contributed by atoms with E-state index in [2.05, 4.69) is 15.2 Å². The highest BCUT2D eigenvalue weighted by atomic mass is 35.5. The van der Waals surface area contributed by atoms with Gasteiger partial charge in [-0.1, -0.05) is 23.2 Å². The molecule has 0 saturated heterocycles. The van der Waals surface area contributed by atoms with Crippen LogP contribution in [0.25, 0.3) is 16.7 Å². The Balaban J connectivity index is 2.41. The van der Waals surface area contributed by atoms with Crippen molar-refractivity contribution in [3.63, 3.8) is 0 Å². The molecule has 114 valence electrons. The molecule has 8 heteroatoms. The van der Waals surface area contributed by atoms with Crippen molar-refractivity contribution in [3.8, 4) is 0 Å². The lowest BCUT2D eigenvalue weighted by Gasteiger charge is -2.24. The third kappa shape index (κ3) is 2.28. The van der Waals surface area contributed by atoms with Gasteiger partial charge >= 0.3 is 0 Å². The van der Waals surface area contributed by atoms with E-state index in [1.54, 1.807) is 27.8 Å². The first-order valence-corrected chi connectivity index (χ1v) is 7.44. The second kappa shape index (κ2) is 5.37. The highest BCUT2D eigenvalue weighted by molar-refractivity contribution is 6.42. The van der Waals surface area contributed by atoms with Gasteiger partial charge in [0, 0.05) is 13.0 Å². The van der Waals surface area contributed by atoms with Gasteiger partial charge in [0.05, 0.1) is 21.1 Å². The Morgan fingerprint density at radius 1 is 1.27 bits per heavy atom. The summed E-state index contributed by atoms with van der Waals surface area (Å²) in [6.07, 6.45) is 1.56. The topological polar surface area (TPSA) is 63.4 Å². The molecule has 3 aromatic rings. The van der Waals surface area contributed by atoms with E-state index >= 15 is 0 Å². The average Bonchev–Trinajstić information content (AvgIpc) is 2.90. The van der Waals surface area contributed by atoms with E-state index in [1.165, 1.54) is 6.92 Å². The first kappa shape index (κ1) is 15.0. The van der Waals surface area contributed by atoms with Gasteiger partial charge in [-0.05, 0) is 26.0 Å². The van der Waals surface area contributed by atoms with Crippen LogP contribution in [0.5, 0.6) is 0 Å². The van der Waals surface area contributed by atoms with Crippen LogP contribution in [-0.4, -0.2) is 31.5 Å². The average molecular weight is 338 g/mol. The number of nitrogens with zero attached hydrogens (tertiary/aromatic N) is 5. The number of hydrogen-bond donors (Lipinski definition) is 0. The SMILES string of the molecule is CC(=O)N(c1nc2cc(Cl)c(Cl)cc2n2cnnc12)C(C)C. The Kier molecular flexibility index (Phi) is 3.66. The van der Waals surface area contributed by atoms with Gasteiger partial charge in [0.2, 0.25) is 11.6 Å². The lowest BCUT2D eigenvalue weighted by molar-refractivity contribution is -0.116. The summed E-state index contributed by atoms with van der Waals surface area (Å²) in [5, 5.41) is 8.84. The van der Waals surface area contributed by atoms with E-state index in [0.717, 1.165) is 5.52 Å². The van der Waals surface area contributed by atoms with Crippen LogP contribution in [0, 0.1) is 0 Å². The molecule has 0 aliphatic rings. The van der Waals surface area contributed by atoms with Crippen molar-refractivity contribution in [2.75, 3.05) is 4.90 Å². The van der Waals surface area contributed by atoms with Crippen molar-refractivity contribution in [1.82, 2.24) is 19.6 Å². The van der Waals surface area contributed by atoms with E-state index in [1.807, 2.05) is 13.8 Å². The number of aromatic nitrogens is 4. The zero-order chi connectivity index (χ0) is 16.0. The monoisotopic (exact) mass is 337 g/mol. The predicted octanol–water partition coefficient (Wildman–Crippen LogP) is 3.35. The van der Waals surface area contributed by atoms with Crippen LogP contribution in [0.15, 0.2) is 18.5 Å². The summed E-state index contributed by atoms with van der Waals surface area (Å²) < 4.78 is 1.75. The fraction of sp³-hybridized carbons (Fsp3) is 0.286. The summed E-state index contributed by atoms with van der Waals surface area (Å²) >= 11 is 12.2. The van der Waals surface area contributed by atoms with Gasteiger partial charge in [-0.25, -0.2) is 4.98 Å². The molecule has 0 spiro atoms. The summed E-state index contributed by atoms with van der Waals surface area (Å²) in [6.45, 7) is 5.32. The fourth-order valence-corrected chi connectivity index (χ4v) is 2.77. The van der Waals surface area contributed by atoms with E-state index in [4.69, 9.17) is 23.2 Å². The molecule has 0 saturated carbocycles. The molecule has 22 heavy (non-hydrogen) atoms. The van der Waals surface area contributed by atoms with Gasteiger partial charge in [-0.15, -0.1) is 10.2 Å². The molecule has 0 bridgehead atoms. The Bertz CT molecular complexity index is 890. The van der Waals surface area contributed by atoms with Gasteiger partial charge < -0.3 is 0 Å². The molecular formula is C14H13Cl2N5O. The largest absolute Gasteiger partial charge is 0.291 e. The van der Waals surface area contributed by atoms with Crippen molar-refractivity contribution in [2.45, 2.75) is 26.8 Å². The molecule has 0 unspecified atom stereocenters. The zero-order valence-corrected chi connectivity index (χ0v) is 13.7. The molecule has 0 N–H and O–H groups in total. The molecule has 0 atom stereocenters. The Labute approximate surface area is 136 Å². The normalized spacial score (nSPS) is 11.5. The summed E-state index contributed by atoms with van der Waals surface area (Å²) in [5.74, 6) is 0.331. The van der Waals surface area contributed by atoms with Crippen molar-refractivity contribution in [3.05, 3.63) is 28.5 Å². The third-order valence-corrected chi connectivity index (χ3v) is 4.06. The minimum Gasteiger partial charge on any atom is -0.291 e. The van der Waals surface area contributed by atoms with Gasteiger partial charge in [0.25, 0.3) is 0 Å². The van der Waals surface area contributed by atoms with Crippen LogP contribution in [0.4, 0.5) is 5.82 Å². The van der Waals surface area contributed by atoms with E-state index in [9.17, 15) is 4.79 Å². The van der Waals surface area contributed by atoms with Crippen molar-refractivity contribution in [1.29, 1.82) is 0 Å². The molecule has 2 heterocycles. The quantitative estimate of drug-likeness (QED) is 0.719. The molecule has 0 radical (unpaired) electrons. The number of fused-ring (bicyclic) bond motifs is 3. The highest BCUT2D eigenvalue weighted by Gasteiger charge is 2.22. The molecular weight excluding hydrogens is 325 g/mol. The maximum atomic E-state index is 12.0.